The van der Waals surface area contributed by atoms with Crippen molar-refractivity contribution in [2.45, 2.75) is 174 Å². The first kappa shape index (κ1) is 46.6. The molecule has 57 heavy (non-hydrogen) atoms. The van der Waals surface area contributed by atoms with Crippen LogP contribution in [-0.4, -0.2) is 246 Å². The van der Waals surface area contributed by atoms with Crippen molar-refractivity contribution < 1.29 is 119 Å². The molecule has 0 aromatic carbocycles. The van der Waals surface area contributed by atoms with Crippen LogP contribution in [-0.2, 0) is 52.2 Å². The van der Waals surface area contributed by atoms with Crippen molar-refractivity contribution in [3.8, 4) is 0 Å². The van der Waals surface area contributed by atoms with Crippen LogP contribution >= 0.6 is 0 Å². The number of hydrogen-bond acceptors (Lipinski definition) is 24. The fraction of sp³-hybridized carbons (Fsp3) is 0.969. The summed E-state index contributed by atoms with van der Waals surface area (Å²) in [6.45, 7) is 3.08. The molecule has 0 radical (unpaired) electrons. The molecule has 5 rings (SSSR count). The van der Waals surface area contributed by atoms with Gasteiger partial charge < -0.3 is 119 Å². The quantitative estimate of drug-likeness (QED) is 0.0819. The van der Waals surface area contributed by atoms with Crippen molar-refractivity contribution in [2.24, 2.45) is 5.73 Å². The molecule has 0 aromatic heterocycles. The van der Waals surface area contributed by atoms with Gasteiger partial charge in [-0.1, -0.05) is 0 Å². The van der Waals surface area contributed by atoms with Gasteiger partial charge >= 0.3 is 5.97 Å². The largest absolute Gasteiger partial charge is 0.479 e. The lowest BCUT2D eigenvalue weighted by molar-refractivity contribution is -0.405. The van der Waals surface area contributed by atoms with Gasteiger partial charge in [0.05, 0.1) is 31.5 Å². The summed E-state index contributed by atoms with van der Waals surface area (Å²) in [7, 11) is 0. The second-order valence-electron chi connectivity index (χ2n) is 14.6. The maximum atomic E-state index is 12.8. The molecule has 15 N–H and O–H groups in total. The molecule has 0 aliphatic carbocycles. The van der Waals surface area contributed by atoms with Crippen LogP contribution in [0.15, 0.2) is 0 Å². The highest BCUT2D eigenvalue weighted by molar-refractivity contribution is 5.73. The molecule has 332 valence electrons. The number of hydrogen-bond donors (Lipinski definition) is 14. The molecule has 25 atom stereocenters. The van der Waals surface area contributed by atoms with E-state index in [1.54, 1.807) is 0 Å². The summed E-state index contributed by atoms with van der Waals surface area (Å²) in [4.78, 5) is 12.8. The number of ether oxygens (including phenoxy) is 10. The summed E-state index contributed by atoms with van der Waals surface area (Å²) in [5.74, 6) is -1.84. The van der Waals surface area contributed by atoms with Crippen LogP contribution in [0.25, 0.3) is 0 Å². The highest BCUT2D eigenvalue weighted by Crippen LogP contribution is 2.37. The van der Waals surface area contributed by atoms with Gasteiger partial charge in [-0.05, 0) is 20.8 Å². The van der Waals surface area contributed by atoms with E-state index < -0.39 is 166 Å². The van der Waals surface area contributed by atoms with Crippen LogP contribution in [0, 0.1) is 0 Å². The van der Waals surface area contributed by atoms with Crippen LogP contribution in [0.5, 0.6) is 0 Å². The Morgan fingerprint density at radius 1 is 0.491 bits per heavy atom. The molecule has 25 nitrogen and oxygen atoms in total. The molecule has 5 aliphatic heterocycles. The molecule has 0 spiro atoms. The van der Waals surface area contributed by atoms with Crippen LogP contribution in [0.2, 0.25) is 0 Å². The predicted octanol–water partition coefficient (Wildman–Crippen LogP) is -8.77. The van der Waals surface area contributed by atoms with Crippen LogP contribution < -0.4 is 5.73 Å². The minimum Gasteiger partial charge on any atom is -0.479 e. The first-order chi connectivity index (χ1) is 26.8. The Morgan fingerprint density at radius 2 is 0.912 bits per heavy atom. The van der Waals surface area contributed by atoms with Gasteiger partial charge in [-0.25, -0.2) is 4.79 Å². The number of carboxylic acids is 1. The fourth-order valence-corrected chi connectivity index (χ4v) is 7.09. The zero-order valence-electron chi connectivity index (χ0n) is 30.9. The summed E-state index contributed by atoms with van der Waals surface area (Å²) in [6.07, 6.45) is -45.1. The standard InChI is InChI=1S/C32H55NO24/c1-7-11(35)15(39)19(43)28(49-7)56-25-22(53-29-20(44)16(40)14(38)10(6-34)52-29)21(45)30(57-26(25)27(46)47)54-24-18(42)13(37)9(3)51-32(24)55-23-17(41)12(36)8(2)50-31(23)48-5-4-33/h7-26,28-32,34-45H,4-6,33H2,1-3H3,(H,46,47). The van der Waals surface area contributed by atoms with E-state index in [4.69, 9.17) is 53.1 Å². The molecular weight excluding hydrogens is 782 g/mol. The van der Waals surface area contributed by atoms with E-state index in [1.807, 2.05) is 0 Å². The molecule has 5 aliphatic rings. The minimum atomic E-state index is -2.30. The van der Waals surface area contributed by atoms with Gasteiger partial charge in [-0.15, -0.1) is 0 Å². The maximum Gasteiger partial charge on any atom is 0.335 e. The van der Waals surface area contributed by atoms with Gasteiger partial charge in [0.25, 0.3) is 0 Å². The topological polar surface area (TPSA) is 398 Å². The second kappa shape index (κ2) is 19.5. The number of aliphatic hydroxyl groups excluding tert-OH is 12. The Kier molecular flexibility index (Phi) is 16.0. The van der Waals surface area contributed by atoms with E-state index in [2.05, 4.69) is 0 Å². The molecule has 25 heteroatoms. The number of rotatable bonds is 13. The average molecular weight is 838 g/mol. The normalized spacial score (nSPS) is 52.4. The Labute approximate surface area is 324 Å². The average Bonchev–Trinajstić information content (AvgIpc) is 3.17. The van der Waals surface area contributed by atoms with Crippen molar-refractivity contribution in [1.29, 1.82) is 0 Å². The number of carbonyl (C=O) groups is 1. The van der Waals surface area contributed by atoms with Gasteiger partial charge in [0.2, 0.25) is 0 Å². The predicted molar refractivity (Wildman–Crippen MR) is 176 cm³/mol. The number of aliphatic carboxylic acids is 1. The van der Waals surface area contributed by atoms with Crippen molar-refractivity contribution >= 4 is 5.97 Å². The molecule has 25 unspecified atom stereocenters. The van der Waals surface area contributed by atoms with Gasteiger partial charge in [0, 0.05) is 6.54 Å². The maximum absolute atomic E-state index is 12.8. The number of carboxylic acid groups (broad SMARTS) is 1. The Hall–Kier alpha value is -1.45. The smallest absolute Gasteiger partial charge is 0.335 e. The van der Waals surface area contributed by atoms with E-state index in [-0.39, 0.29) is 13.2 Å². The lowest BCUT2D eigenvalue weighted by Crippen LogP contribution is -2.69. The molecule has 0 bridgehead atoms. The van der Waals surface area contributed by atoms with Crippen molar-refractivity contribution in [3.63, 3.8) is 0 Å². The highest BCUT2D eigenvalue weighted by Gasteiger charge is 2.58. The van der Waals surface area contributed by atoms with Gasteiger partial charge in [0.1, 0.15) is 97.7 Å². The molecular formula is C32H55NO24. The monoisotopic (exact) mass is 837 g/mol. The van der Waals surface area contributed by atoms with Crippen LogP contribution in [0.1, 0.15) is 20.8 Å². The lowest BCUT2D eigenvalue weighted by atomic mass is 9.95. The molecule has 5 fully saturated rings. The zero-order valence-corrected chi connectivity index (χ0v) is 30.9. The molecule has 0 saturated carbocycles. The third kappa shape index (κ3) is 9.71. The first-order valence-corrected chi connectivity index (χ1v) is 18.4. The SMILES string of the molecule is CC1OC(OC2C(C(=O)O)OC(OC3C(OC4C(OCCN)OC(C)C(O)C4O)OC(C)C(O)C3O)C(O)C2OC2OC(CO)C(O)C(O)C2O)C(O)C(O)C1O. The Balaban J connectivity index is 1.48. The Morgan fingerprint density at radius 3 is 1.46 bits per heavy atom. The number of aliphatic hydroxyl groups is 12. The van der Waals surface area contributed by atoms with Crippen LogP contribution in [0.3, 0.4) is 0 Å². The third-order valence-electron chi connectivity index (χ3n) is 10.6. The molecule has 0 aromatic rings. The van der Waals surface area contributed by atoms with Crippen molar-refractivity contribution in [1.82, 2.24) is 0 Å². The van der Waals surface area contributed by atoms with Crippen LogP contribution in [0.4, 0.5) is 0 Å². The second-order valence-corrected chi connectivity index (χ2v) is 14.6. The van der Waals surface area contributed by atoms with Gasteiger partial charge in [-0.2, -0.15) is 0 Å². The summed E-state index contributed by atoms with van der Waals surface area (Å²) in [5.41, 5.74) is 5.55. The van der Waals surface area contributed by atoms with E-state index in [0.717, 1.165) is 0 Å². The molecule has 5 saturated heterocycles. The van der Waals surface area contributed by atoms with Crippen molar-refractivity contribution in [3.05, 3.63) is 0 Å². The lowest BCUT2D eigenvalue weighted by Gasteiger charge is -2.50. The molecule has 5 heterocycles. The summed E-state index contributed by atoms with van der Waals surface area (Å²) >= 11 is 0. The van der Waals surface area contributed by atoms with E-state index in [0.29, 0.717) is 0 Å². The molecule has 0 amide bonds. The van der Waals surface area contributed by atoms with Gasteiger partial charge in [-0.3, -0.25) is 0 Å². The number of nitrogens with two attached hydrogens (primary N) is 1. The van der Waals surface area contributed by atoms with Gasteiger partial charge in [0.15, 0.2) is 37.6 Å². The van der Waals surface area contributed by atoms with Crippen molar-refractivity contribution in [2.75, 3.05) is 19.8 Å². The Bertz CT molecular complexity index is 1290. The zero-order chi connectivity index (χ0) is 42.2. The summed E-state index contributed by atoms with van der Waals surface area (Å²) in [5, 5.41) is 138. The summed E-state index contributed by atoms with van der Waals surface area (Å²) in [6, 6.07) is 0. The summed E-state index contributed by atoms with van der Waals surface area (Å²) < 4.78 is 56.8. The first-order valence-electron chi connectivity index (χ1n) is 18.4. The van der Waals surface area contributed by atoms with E-state index in [9.17, 15) is 71.2 Å². The van der Waals surface area contributed by atoms with E-state index >= 15 is 0 Å². The third-order valence-corrected chi connectivity index (χ3v) is 10.6. The highest BCUT2D eigenvalue weighted by atomic mass is 16.8. The fourth-order valence-electron chi connectivity index (χ4n) is 7.09. The minimum absolute atomic E-state index is 0.0132. The van der Waals surface area contributed by atoms with E-state index in [1.165, 1.54) is 20.8 Å².